The Morgan fingerprint density at radius 2 is 1.58 bits per heavy atom. The lowest BCUT2D eigenvalue weighted by molar-refractivity contribution is -0.193. The van der Waals surface area contributed by atoms with Crippen molar-refractivity contribution in [3.8, 4) is 0 Å². The molecule has 1 spiro atoms. The van der Waals surface area contributed by atoms with E-state index in [4.69, 9.17) is 24.5 Å². The topological polar surface area (TPSA) is 120 Å². The van der Waals surface area contributed by atoms with Gasteiger partial charge in [0.2, 0.25) is 0 Å². The van der Waals surface area contributed by atoms with Gasteiger partial charge >= 0.3 is 24.3 Å². The predicted molar refractivity (Wildman–Crippen MR) is 111 cm³/mol. The average molecular weight is 529 g/mol. The molecule has 0 atom stereocenters. The first kappa shape index (κ1) is 29.3. The van der Waals surface area contributed by atoms with Gasteiger partial charge in [0.15, 0.2) is 0 Å². The van der Waals surface area contributed by atoms with Gasteiger partial charge in [-0.1, -0.05) is 0 Å². The van der Waals surface area contributed by atoms with Gasteiger partial charge < -0.3 is 24.7 Å². The smallest absolute Gasteiger partial charge is 0.475 e. The molecular formula is C21H25F6N3O6. The number of carboxylic acids is 2. The number of hydrogen-bond donors (Lipinski definition) is 2. The van der Waals surface area contributed by atoms with Gasteiger partial charge in [-0.25, -0.2) is 9.59 Å². The van der Waals surface area contributed by atoms with E-state index in [2.05, 4.69) is 9.88 Å². The van der Waals surface area contributed by atoms with Crippen LogP contribution in [0.2, 0.25) is 0 Å². The van der Waals surface area contributed by atoms with Crippen molar-refractivity contribution in [1.82, 2.24) is 9.88 Å². The predicted octanol–water partition coefficient (Wildman–Crippen LogP) is 2.96. The number of hydrogen-bond acceptors (Lipinski definition) is 6. The third-order valence-electron chi connectivity index (χ3n) is 5.67. The van der Waals surface area contributed by atoms with Gasteiger partial charge in [0.05, 0.1) is 24.0 Å². The minimum Gasteiger partial charge on any atom is -0.475 e. The summed E-state index contributed by atoms with van der Waals surface area (Å²) in [7, 11) is 0. The summed E-state index contributed by atoms with van der Waals surface area (Å²) in [5.41, 5.74) is 0.722. The minimum absolute atomic E-state index is 0.0408. The molecular weight excluding hydrogens is 504 g/mol. The SMILES string of the molecule is O=C(O)C(F)(F)F.O=C(O)C(F)(F)F.O=C1COC2(CCN(CC3CC3)CC2)CN1c1cccnc1. The number of piperidine rings is 1. The highest BCUT2D eigenvalue weighted by molar-refractivity contribution is 5.95. The molecule has 15 heteroatoms. The summed E-state index contributed by atoms with van der Waals surface area (Å²) in [4.78, 5) is 38.6. The molecule has 9 nitrogen and oxygen atoms in total. The van der Waals surface area contributed by atoms with E-state index in [9.17, 15) is 31.1 Å². The zero-order valence-electron chi connectivity index (χ0n) is 18.9. The Bertz CT molecular complexity index is 876. The fourth-order valence-corrected chi connectivity index (χ4v) is 3.57. The number of likely N-dealkylation sites (tertiary alicyclic amines) is 1. The summed E-state index contributed by atoms with van der Waals surface area (Å²) in [6, 6.07) is 3.83. The maximum absolute atomic E-state index is 12.2. The number of carboxylic acid groups (broad SMARTS) is 2. The van der Waals surface area contributed by atoms with Crippen molar-refractivity contribution in [3.63, 3.8) is 0 Å². The molecule has 1 aromatic heterocycles. The first-order valence-electron chi connectivity index (χ1n) is 10.8. The normalized spacial score (nSPS) is 20.1. The molecule has 4 rings (SSSR count). The van der Waals surface area contributed by atoms with E-state index in [1.807, 2.05) is 17.0 Å². The Morgan fingerprint density at radius 1 is 1.06 bits per heavy atom. The van der Waals surface area contributed by atoms with Crippen molar-refractivity contribution in [3.05, 3.63) is 24.5 Å². The Hall–Kier alpha value is -2.94. The number of rotatable bonds is 3. The Kier molecular flexibility index (Phi) is 9.65. The van der Waals surface area contributed by atoms with Crippen molar-refractivity contribution >= 4 is 23.5 Å². The van der Waals surface area contributed by atoms with E-state index in [-0.39, 0.29) is 18.1 Å². The number of nitrogens with zero attached hydrogens (tertiary/aromatic N) is 3. The average Bonchev–Trinajstić information content (AvgIpc) is 3.61. The van der Waals surface area contributed by atoms with E-state index in [0.717, 1.165) is 37.5 Å². The van der Waals surface area contributed by atoms with Gasteiger partial charge in [-0.3, -0.25) is 9.78 Å². The molecule has 1 aliphatic carbocycles. The molecule has 3 aliphatic rings. The van der Waals surface area contributed by atoms with E-state index in [1.54, 1.807) is 12.4 Å². The van der Waals surface area contributed by atoms with Crippen LogP contribution in [-0.2, 0) is 19.1 Å². The first-order valence-corrected chi connectivity index (χ1v) is 10.8. The number of aliphatic carboxylic acids is 2. The molecule has 3 fully saturated rings. The van der Waals surface area contributed by atoms with Gasteiger partial charge in [0.1, 0.15) is 6.61 Å². The second-order valence-corrected chi connectivity index (χ2v) is 8.51. The second kappa shape index (κ2) is 11.9. The van der Waals surface area contributed by atoms with Gasteiger partial charge in [-0.2, -0.15) is 26.3 Å². The number of amides is 1. The van der Waals surface area contributed by atoms with Gasteiger partial charge in [-0.15, -0.1) is 0 Å². The summed E-state index contributed by atoms with van der Waals surface area (Å²) in [5, 5.41) is 14.2. The van der Waals surface area contributed by atoms with Crippen molar-refractivity contribution in [1.29, 1.82) is 0 Å². The van der Waals surface area contributed by atoms with Crippen molar-refractivity contribution in [2.45, 2.75) is 43.6 Å². The molecule has 0 radical (unpaired) electrons. The number of aromatic nitrogens is 1. The summed E-state index contributed by atoms with van der Waals surface area (Å²) in [6.45, 7) is 4.28. The van der Waals surface area contributed by atoms with Crippen LogP contribution in [0.25, 0.3) is 0 Å². The van der Waals surface area contributed by atoms with Crippen LogP contribution in [0, 0.1) is 5.92 Å². The Balaban J connectivity index is 0.000000271. The summed E-state index contributed by atoms with van der Waals surface area (Å²) in [5.74, 6) is -4.53. The van der Waals surface area contributed by atoms with Crippen LogP contribution in [0.1, 0.15) is 25.7 Å². The molecule has 3 heterocycles. The van der Waals surface area contributed by atoms with Crippen LogP contribution < -0.4 is 4.90 Å². The van der Waals surface area contributed by atoms with E-state index < -0.39 is 24.3 Å². The molecule has 2 saturated heterocycles. The molecule has 0 unspecified atom stereocenters. The van der Waals surface area contributed by atoms with E-state index in [1.165, 1.54) is 19.4 Å². The monoisotopic (exact) mass is 529 g/mol. The third-order valence-corrected chi connectivity index (χ3v) is 5.67. The van der Waals surface area contributed by atoms with Crippen LogP contribution in [0.3, 0.4) is 0 Å². The highest BCUT2D eigenvalue weighted by Crippen LogP contribution is 2.35. The van der Waals surface area contributed by atoms with Gasteiger partial charge in [-0.05, 0) is 43.7 Å². The molecule has 1 amide bonds. The molecule has 1 saturated carbocycles. The molecule has 2 aliphatic heterocycles. The highest BCUT2D eigenvalue weighted by atomic mass is 19.4. The zero-order valence-corrected chi connectivity index (χ0v) is 18.9. The standard InChI is InChI=1S/C17H23N3O2.2C2HF3O2/c21-16-12-22-17(13-20(16)15-2-1-7-18-10-15)5-8-19(9-6-17)11-14-3-4-14;2*3-2(4,5)1(6)7/h1-2,7,10,14H,3-6,8-9,11-13H2;2*(H,6,7). The van der Waals surface area contributed by atoms with Gasteiger partial charge in [0.25, 0.3) is 5.91 Å². The lowest BCUT2D eigenvalue weighted by Gasteiger charge is -2.47. The van der Waals surface area contributed by atoms with Crippen molar-refractivity contribution < 1.29 is 55.7 Å². The number of anilines is 1. The second-order valence-electron chi connectivity index (χ2n) is 8.51. The van der Waals surface area contributed by atoms with E-state index in [0.29, 0.717) is 6.54 Å². The maximum Gasteiger partial charge on any atom is 0.490 e. The number of carbonyl (C=O) groups is 3. The Labute approximate surface area is 201 Å². The summed E-state index contributed by atoms with van der Waals surface area (Å²) in [6.07, 6.45) is -1.82. The third kappa shape index (κ3) is 9.26. The number of pyridine rings is 1. The molecule has 2 N–H and O–H groups in total. The largest absolute Gasteiger partial charge is 0.490 e. The number of ether oxygens (including phenoxy) is 1. The first-order chi connectivity index (χ1) is 16.6. The number of halogens is 6. The quantitative estimate of drug-likeness (QED) is 0.574. The Morgan fingerprint density at radius 3 is 2.00 bits per heavy atom. The number of carbonyl (C=O) groups excluding carboxylic acids is 1. The van der Waals surface area contributed by atoms with Crippen LogP contribution in [-0.4, -0.2) is 88.7 Å². The van der Waals surface area contributed by atoms with Crippen LogP contribution in [0.5, 0.6) is 0 Å². The molecule has 0 bridgehead atoms. The molecule has 36 heavy (non-hydrogen) atoms. The fraction of sp³-hybridized carbons (Fsp3) is 0.619. The minimum atomic E-state index is -5.08. The number of alkyl halides is 6. The van der Waals surface area contributed by atoms with Crippen molar-refractivity contribution in [2.75, 3.05) is 37.7 Å². The number of morpholine rings is 1. The summed E-state index contributed by atoms with van der Waals surface area (Å²) >= 11 is 0. The van der Waals surface area contributed by atoms with Crippen LogP contribution in [0.15, 0.2) is 24.5 Å². The molecule has 202 valence electrons. The summed E-state index contributed by atoms with van der Waals surface area (Å²) < 4.78 is 69.5. The molecule has 0 aromatic carbocycles. The van der Waals surface area contributed by atoms with Crippen LogP contribution in [0.4, 0.5) is 32.0 Å². The highest BCUT2D eigenvalue weighted by Gasteiger charge is 2.43. The van der Waals surface area contributed by atoms with Crippen LogP contribution >= 0.6 is 0 Å². The lowest BCUT2D eigenvalue weighted by atomic mass is 9.89. The van der Waals surface area contributed by atoms with Crippen molar-refractivity contribution in [2.24, 2.45) is 5.92 Å². The lowest BCUT2D eigenvalue weighted by Crippen LogP contribution is -2.59. The molecule has 1 aromatic rings. The van der Waals surface area contributed by atoms with Gasteiger partial charge in [0, 0.05) is 25.8 Å². The fourth-order valence-electron chi connectivity index (χ4n) is 3.57. The zero-order chi connectivity index (χ0) is 27.1. The maximum atomic E-state index is 12.2. The van der Waals surface area contributed by atoms with E-state index >= 15 is 0 Å².